The zero-order chi connectivity index (χ0) is 8.15. The van der Waals surface area contributed by atoms with Crippen molar-refractivity contribution >= 4 is 12.3 Å². The number of carboxylic acid groups (broad SMARTS) is 1. The predicted octanol–water partition coefficient (Wildman–Crippen LogP) is -1.77. The summed E-state index contributed by atoms with van der Waals surface area (Å²) in [5.41, 5.74) is 10.1. The molecule has 0 saturated heterocycles. The van der Waals surface area contributed by atoms with Gasteiger partial charge in [0.1, 0.15) is 6.04 Å². The lowest BCUT2D eigenvalue weighted by Gasteiger charge is -2.06. The zero-order valence-corrected chi connectivity index (χ0v) is 5.28. The number of rotatable bonds is 4. The summed E-state index contributed by atoms with van der Waals surface area (Å²) >= 11 is 0. The Bertz CT molecular complexity index is 137. The van der Waals surface area contributed by atoms with Crippen molar-refractivity contribution in [2.24, 2.45) is 11.5 Å². The van der Waals surface area contributed by atoms with Gasteiger partial charge >= 0.3 is 5.97 Å². The van der Waals surface area contributed by atoms with Crippen LogP contribution in [0.1, 0.15) is 6.42 Å². The molecule has 0 aromatic rings. The van der Waals surface area contributed by atoms with E-state index in [1.165, 1.54) is 6.29 Å². The Kier molecular flexibility index (Phi) is 3.60. The third kappa shape index (κ3) is 3.16. The first-order chi connectivity index (χ1) is 4.57. The number of hydrogen-bond acceptors (Lipinski definition) is 4. The molecular formula is C5H9N2O3. The van der Waals surface area contributed by atoms with Gasteiger partial charge in [0.2, 0.25) is 6.29 Å². The van der Waals surface area contributed by atoms with E-state index in [0.29, 0.717) is 0 Å². The second-order valence-corrected chi connectivity index (χ2v) is 1.90. The zero-order valence-electron chi connectivity index (χ0n) is 5.28. The highest BCUT2D eigenvalue weighted by atomic mass is 16.4. The van der Waals surface area contributed by atoms with E-state index >= 15 is 0 Å². The number of hydrogen-bond donors (Lipinski definition) is 3. The van der Waals surface area contributed by atoms with Gasteiger partial charge in [-0.1, -0.05) is 0 Å². The maximum Gasteiger partial charge on any atom is 0.320 e. The van der Waals surface area contributed by atoms with E-state index in [-0.39, 0.29) is 6.42 Å². The molecule has 0 amide bonds. The molecule has 5 heteroatoms. The molecule has 0 spiro atoms. The molecule has 0 aliphatic heterocycles. The van der Waals surface area contributed by atoms with Crippen LogP contribution in [0, 0.1) is 0 Å². The Labute approximate surface area is 58.0 Å². The van der Waals surface area contributed by atoms with Gasteiger partial charge in [-0.3, -0.25) is 9.59 Å². The molecule has 10 heavy (non-hydrogen) atoms. The molecule has 2 atom stereocenters. The predicted molar refractivity (Wildman–Crippen MR) is 33.9 cm³/mol. The lowest BCUT2D eigenvalue weighted by Crippen LogP contribution is -2.37. The van der Waals surface area contributed by atoms with Crippen LogP contribution < -0.4 is 11.5 Å². The van der Waals surface area contributed by atoms with E-state index in [2.05, 4.69) is 0 Å². The minimum absolute atomic E-state index is 0.0706. The van der Waals surface area contributed by atoms with Crippen molar-refractivity contribution in [3.8, 4) is 0 Å². The van der Waals surface area contributed by atoms with Crippen LogP contribution in [-0.2, 0) is 9.59 Å². The van der Waals surface area contributed by atoms with E-state index in [0.717, 1.165) is 0 Å². The Morgan fingerprint density at radius 2 is 2.10 bits per heavy atom. The van der Waals surface area contributed by atoms with Crippen molar-refractivity contribution in [3.05, 3.63) is 0 Å². The summed E-state index contributed by atoms with van der Waals surface area (Å²) in [6.45, 7) is 0. The van der Waals surface area contributed by atoms with Crippen molar-refractivity contribution in [2.75, 3.05) is 0 Å². The molecule has 0 aromatic carbocycles. The minimum Gasteiger partial charge on any atom is -0.480 e. The van der Waals surface area contributed by atoms with Gasteiger partial charge in [0.15, 0.2) is 0 Å². The second-order valence-electron chi connectivity index (χ2n) is 1.90. The van der Waals surface area contributed by atoms with Gasteiger partial charge in [0.05, 0.1) is 6.04 Å². The molecule has 0 saturated carbocycles. The van der Waals surface area contributed by atoms with Crippen LogP contribution in [0.25, 0.3) is 0 Å². The molecule has 0 heterocycles. The third-order valence-electron chi connectivity index (χ3n) is 0.976. The first-order valence-electron chi connectivity index (χ1n) is 2.69. The fourth-order valence-corrected chi connectivity index (χ4v) is 0.423. The van der Waals surface area contributed by atoms with Crippen LogP contribution in [0.5, 0.6) is 0 Å². The van der Waals surface area contributed by atoms with E-state index in [4.69, 9.17) is 16.6 Å². The maximum atomic E-state index is 10.0. The van der Waals surface area contributed by atoms with Gasteiger partial charge in [0, 0.05) is 0 Å². The highest BCUT2D eigenvalue weighted by Crippen LogP contribution is 1.90. The first kappa shape index (κ1) is 9.06. The molecule has 0 aliphatic carbocycles. The third-order valence-corrected chi connectivity index (χ3v) is 0.976. The van der Waals surface area contributed by atoms with Crippen LogP contribution >= 0.6 is 0 Å². The fourth-order valence-electron chi connectivity index (χ4n) is 0.423. The van der Waals surface area contributed by atoms with Crippen molar-refractivity contribution in [3.63, 3.8) is 0 Å². The lowest BCUT2D eigenvalue weighted by atomic mass is 10.1. The smallest absolute Gasteiger partial charge is 0.320 e. The standard InChI is InChI=1S/C5H9N2O3/c6-3(2-8)1-4(7)5(9)10/h3-4H,1,6-7H2,(H,9,10)/t3?,4-/m0/s1. The number of aliphatic carboxylic acids is 1. The Hall–Kier alpha value is -0.940. The van der Waals surface area contributed by atoms with E-state index in [9.17, 15) is 9.59 Å². The molecule has 5 N–H and O–H groups in total. The monoisotopic (exact) mass is 145 g/mol. The number of carboxylic acids is 1. The molecule has 1 radical (unpaired) electrons. The van der Waals surface area contributed by atoms with E-state index in [1.54, 1.807) is 0 Å². The van der Waals surface area contributed by atoms with Crippen molar-refractivity contribution in [1.29, 1.82) is 0 Å². The van der Waals surface area contributed by atoms with Crippen LogP contribution in [0.3, 0.4) is 0 Å². The second kappa shape index (κ2) is 3.97. The number of carbonyl (C=O) groups is 1. The van der Waals surface area contributed by atoms with Crippen molar-refractivity contribution < 1.29 is 14.7 Å². The van der Waals surface area contributed by atoms with Crippen LogP contribution in [-0.4, -0.2) is 29.4 Å². The molecule has 0 aromatic heterocycles. The summed E-state index contributed by atoms with van der Waals surface area (Å²) in [6, 6.07) is -1.97. The van der Waals surface area contributed by atoms with Crippen LogP contribution in [0.2, 0.25) is 0 Å². The summed E-state index contributed by atoms with van der Waals surface area (Å²) in [6.07, 6.45) is 1.36. The largest absolute Gasteiger partial charge is 0.480 e. The van der Waals surface area contributed by atoms with Gasteiger partial charge in [-0.15, -0.1) is 0 Å². The van der Waals surface area contributed by atoms with Gasteiger partial charge in [0.25, 0.3) is 0 Å². The first-order valence-corrected chi connectivity index (χ1v) is 2.69. The summed E-state index contributed by atoms with van der Waals surface area (Å²) in [7, 11) is 0. The van der Waals surface area contributed by atoms with Crippen LogP contribution in [0.15, 0.2) is 0 Å². The Morgan fingerprint density at radius 3 is 2.40 bits per heavy atom. The summed E-state index contributed by atoms with van der Waals surface area (Å²) in [4.78, 5) is 19.8. The average Bonchev–Trinajstić information content (AvgIpc) is 1.87. The molecular weight excluding hydrogens is 136 g/mol. The normalized spacial score (nSPS) is 15.8. The van der Waals surface area contributed by atoms with Crippen LogP contribution in [0.4, 0.5) is 0 Å². The number of carbonyl (C=O) groups excluding carboxylic acids is 1. The summed E-state index contributed by atoms with van der Waals surface area (Å²) in [5, 5.41) is 8.22. The lowest BCUT2D eigenvalue weighted by molar-refractivity contribution is -0.138. The van der Waals surface area contributed by atoms with E-state index in [1.807, 2.05) is 0 Å². The fraction of sp³-hybridized carbons (Fsp3) is 0.600. The van der Waals surface area contributed by atoms with E-state index < -0.39 is 18.1 Å². The quantitative estimate of drug-likeness (QED) is 0.433. The summed E-state index contributed by atoms with van der Waals surface area (Å²) < 4.78 is 0. The molecule has 5 nitrogen and oxygen atoms in total. The highest BCUT2D eigenvalue weighted by Gasteiger charge is 2.15. The molecule has 0 bridgehead atoms. The number of nitrogens with two attached hydrogens (primary N) is 2. The van der Waals surface area contributed by atoms with Gasteiger partial charge in [-0.25, -0.2) is 0 Å². The minimum atomic E-state index is -1.16. The maximum absolute atomic E-state index is 10.0. The van der Waals surface area contributed by atoms with Gasteiger partial charge in [-0.05, 0) is 6.42 Å². The summed E-state index contributed by atoms with van der Waals surface area (Å²) in [5.74, 6) is -1.16. The van der Waals surface area contributed by atoms with Crippen molar-refractivity contribution in [2.45, 2.75) is 18.5 Å². The molecule has 0 fully saturated rings. The van der Waals surface area contributed by atoms with Crippen molar-refractivity contribution in [1.82, 2.24) is 0 Å². The Balaban J connectivity index is 3.67. The molecule has 0 aliphatic rings. The molecule has 57 valence electrons. The average molecular weight is 145 g/mol. The van der Waals surface area contributed by atoms with Gasteiger partial charge in [-0.2, -0.15) is 0 Å². The molecule has 0 rings (SSSR count). The van der Waals surface area contributed by atoms with Gasteiger partial charge < -0.3 is 16.6 Å². The Morgan fingerprint density at radius 1 is 1.60 bits per heavy atom. The topological polar surface area (TPSA) is 106 Å². The highest BCUT2D eigenvalue weighted by molar-refractivity contribution is 5.74. The molecule has 1 unspecified atom stereocenters. The SMILES string of the molecule is NC([C]=O)C[C@H](N)C(=O)O.